The van der Waals surface area contributed by atoms with E-state index in [-0.39, 0.29) is 0 Å². The van der Waals surface area contributed by atoms with Crippen LogP contribution in [0.25, 0.3) is 5.65 Å². The molecule has 96 valence electrons. The summed E-state index contributed by atoms with van der Waals surface area (Å²) in [6, 6.07) is 6.44. The van der Waals surface area contributed by atoms with E-state index in [2.05, 4.69) is 57.9 Å². The van der Waals surface area contributed by atoms with Crippen LogP contribution >= 0.6 is 27.7 Å². The van der Waals surface area contributed by atoms with Crippen molar-refractivity contribution in [3.63, 3.8) is 0 Å². The van der Waals surface area contributed by atoms with Crippen molar-refractivity contribution in [1.29, 1.82) is 0 Å². The Balaban J connectivity index is 2.04. The van der Waals surface area contributed by atoms with Crippen LogP contribution in [0, 0.1) is 13.8 Å². The Morgan fingerprint density at radius 2 is 2.05 bits per heavy atom. The van der Waals surface area contributed by atoms with Crippen molar-refractivity contribution in [1.82, 2.24) is 14.4 Å². The van der Waals surface area contributed by atoms with Crippen molar-refractivity contribution in [2.24, 2.45) is 0 Å². The van der Waals surface area contributed by atoms with Gasteiger partial charge < -0.3 is 4.40 Å². The molecule has 0 amide bonds. The fraction of sp³-hybridized carbons (Fsp3) is 0.143. The molecule has 0 bridgehead atoms. The lowest BCUT2D eigenvalue weighted by Crippen LogP contribution is -1.91. The summed E-state index contributed by atoms with van der Waals surface area (Å²) in [6.07, 6.45) is 5.62. The summed E-state index contributed by atoms with van der Waals surface area (Å²) in [5.74, 6) is 0. The zero-order valence-electron chi connectivity index (χ0n) is 10.6. The second-order valence-corrected chi connectivity index (χ2v) is 6.25. The van der Waals surface area contributed by atoms with Gasteiger partial charge in [0.25, 0.3) is 0 Å². The van der Waals surface area contributed by atoms with E-state index in [0.717, 1.165) is 15.3 Å². The van der Waals surface area contributed by atoms with E-state index in [4.69, 9.17) is 0 Å². The van der Waals surface area contributed by atoms with Gasteiger partial charge in [0, 0.05) is 23.5 Å². The van der Waals surface area contributed by atoms with Crippen molar-refractivity contribution in [3.05, 3.63) is 52.5 Å². The molecule has 0 unspecified atom stereocenters. The number of benzene rings is 1. The molecule has 2 heterocycles. The molecular formula is C14H12BrN3S. The van der Waals surface area contributed by atoms with E-state index in [9.17, 15) is 0 Å². The first-order chi connectivity index (χ1) is 9.13. The van der Waals surface area contributed by atoms with Gasteiger partial charge in [-0.25, -0.2) is 9.97 Å². The maximum Gasteiger partial charge on any atom is 0.170 e. The molecule has 0 fully saturated rings. The molecule has 3 aromatic rings. The summed E-state index contributed by atoms with van der Waals surface area (Å²) >= 11 is 5.07. The Morgan fingerprint density at radius 1 is 1.21 bits per heavy atom. The maximum absolute atomic E-state index is 4.52. The number of aryl methyl sites for hydroxylation is 2. The predicted octanol–water partition coefficient (Wildman–Crippen LogP) is 4.26. The van der Waals surface area contributed by atoms with Gasteiger partial charge in [-0.2, -0.15) is 0 Å². The molecule has 0 saturated carbocycles. The van der Waals surface area contributed by atoms with Gasteiger partial charge >= 0.3 is 0 Å². The molecule has 3 nitrogen and oxygen atoms in total. The highest BCUT2D eigenvalue weighted by molar-refractivity contribution is 9.10. The van der Waals surface area contributed by atoms with Crippen LogP contribution in [-0.2, 0) is 0 Å². The molecule has 0 saturated heterocycles. The first-order valence-corrected chi connectivity index (χ1v) is 7.49. The zero-order chi connectivity index (χ0) is 13.4. The van der Waals surface area contributed by atoms with Gasteiger partial charge in [0.05, 0.1) is 0 Å². The van der Waals surface area contributed by atoms with Gasteiger partial charge in [-0.1, -0.05) is 17.8 Å². The molecule has 5 heteroatoms. The topological polar surface area (TPSA) is 30.2 Å². The van der Waals surface area contributed by atoms with Crippen LogP contribution < -0.4 is 0 Å². The fourth-order valence-corrected chi connectivity index (χ4v) is 3.33. The van der Waals surface area contributed by atoms with Gasteiger partial charge in [-0.3, -0.25) is 0 Å². The van der Waals surface area contributed by atoms with E-state index in [0.29, 0.717) is 0 Å². The fourth-order valence-electron chi connectivity index (χ4n) is 1.83. The smallest absolute Gasteiger partial charge is 0.170 e. The molecule has 0 aliphatic rings. The SMILES string of the molecule is Cc1ccc(Sc2nc(Br)cn3ccnc23)cc1C. The van der Waals surface area contributed by atoms with E-state index < -0.39 is 0 Å². The van der Waals surface area contributed by atoms with Crippen LogP contribution in [0.2, 0.25) is 0 Å². The molecule has 0 N–H and O–H groups in total. The van der Waals surface area contributed by atoms with Crippen LogP contribution in [0.5, 0.6) is 0 Å². The second-order valence-electron chi connectivity index (χ2n) is 4.38. The standard InChI is InChI=1S/C14H12BrN3S/c1-9-3-4-11(7-10(9)2)19-14-13-16-5-6-18(13)8-12(15)17-14/h3-8H,1-2H3. The van der Waals surface area contributed by atoms with Crippen molar-refractivity contribution in [3.8, 4) is 0 Å². The normalized spacial score (nSPS) is 11.1. The number of nitrogens with zero attached hydrogens (tertiary/aromatic N) is 3. The van der Waals surface area contributed by atoms with Crippen molar-refractivity contribution in [2.45, 2.75) is 23.8 Å². The quantitative estimate of drug-likeness (QED) is 0.701. The minimum absolute atomic E-state index is 0.810. The molecule has 3 rings (SSSR count). The van der Waals surface area contributed by atoms with Crippen LogP contribution in [-0.4, -0.2) is 14.4 Å². The second kappa shape index (κ2) is 4.98. The Morgan fingerprint density at radius 3 is 2.84 bits per heavy atom. The van der Waals surface area contributed by atoms with Crippen LogP contribution in [0.15, 0.2) is 51.3 Å². The molecule has 19 heavy (non-hydrogen) atoms. The third-order valence-corrected chi connectivity index (χ3v) is 4.35. The van der Waals surface area contributed by atoms with Gasteiger partial charge in [-0.15, -0.1) is 0 Å². The van der Waals surface area contributed by atoms with Gasteiger partial charge in [-0.05, 0) is 53.0 Å². The molecular weight excluding hydrogens is 322 g/mol. The summed E-state index contributed by atoms with van der Waals surface area (Å²) in [6.45, 7) is 4.24. The van der Waals surface area contributed by atoms with Crippen molar-refractivity contribution in [2.75, 3.05) is 0 Å². The van der Waals surface area contributed by atoms with Gasteiger partial charge in [0.15, 0.2) is 5.65 Å². The highest BCUT2D eigenvalue weighted by Gasteiger charge is 2.08. The molecule has 0 radical (unpaired) electrons. The third kappa shape index (κ3) is 2.53. The molecule has 0 spiro atoms. The molecule has 2 aromatic heterocycles. The van der Waals surface area contributed by atoms with E-state index in [1.54, 1.807) is 18.0 Å². The minimum Gasteiger partial charge on any atom is -0.302 e. The number of rotatable bonds is 2. The van der Waals surface area contributed by atoms with E-state index >= 15 is 0 Å². The lowest BCUT2D eigenvalue weighted by Gasteiger charge is -2.06. The highest BCUT2D eigenvalue weighted by atomic mass is 79.9. The number of fused-ring (bicyclic) bond motifs is 1. The van der Waals surface area contributed by atoms with Gasteiger partial charge in [0.1, 0.15) is 9.63 Å². The number of imidazole rings is 1. The molecule has 1 aromatic carbocycles. The lowest BCUT2D eigenvalue weighted by molar-refractivity contribution is 1.01. The maximum atomic E-state index is 4.52. The van der Waals surface area contributed by atoms with Crippen LogP contribution in [0.3, 0.4) is 0 Å². The third-order valence-electron chi connectivity index (χ3n) is 3.01. The van der Waals surface area contributed by atoms with Crippen LogP contribution in [0.4, 0.5) is 0 Å². The average molecular weight is 334 g/mol. The molecule has 0 aliphatic heterocycles. The van der Waals surface area contributed by atoms with Gasteiger partial charge in [0.2, 0.25) is 0 Å². The largest absolute Gasteiger partial charge is 0.302 e. The number of hydrogen-bond donors (Lipinski definition) is 0. The first-order valence-electron chi connectivity index (χ1n) is 5.88. The van der Waals surface area contributed by atoms with Crippen molar-refractivity contribution < 1.29 is 0 Å². The first kappa shape index (κ1) is 12.7. The number of hydrogen-bond acceptors (Lipinski definition) is 3. The zero-order valence-corrected chi connectivity index (χ0v) is 13.0. The summed E-state index contributed by atoms with van der Waals surface area (Å²) in [4.78, 5) is 10.1. The Hall–Kier alpha value is -1.33. The predicted molar refractivity (Wildman–Crippen MR) is 80.7 cm³/mol. The number of aromatic nitrogens is 3. The summed E-state index contributed by atoms with van der Waals surface area (Å²) in [5.41, 5.74) is 3.48. The summed E-state index contributed by atoms with van der Waals surface area (Å²) in [5, 5.41) is 0.905. The van der Waals surface area contributed by atoms with Crippen LogP contribution in [0.1, 0.15) is 11.1 Å². The highest BCUT2D eigenvalue weighted by Crippen LogP contribution is 2.31. The van der Waals surface area contributed by atoms with E-state index in [1.165, 1.54) is 16.0 Å². The number of halogens is 1. The minimum atomic E-state index is 0.810. The lowest BCUT2D eigenvalue weighted by atomic mass is 10.1. The van der Waals surface area contributed by atoms with Crippen molar-refractivity contribution >= 4 is 33.3 Å². The van der Waals surface area contributed by atoms with E-state index in [1.807, 2.05) is 16.8 Å². The Kier molecular flexibility index (Phi) is 3.33. The Bertz CT molecular complexity index is 752. The summed E-state index contributed by atoms with van der Waals surface area (Å²) in [7, 11) is 0. The molecule has 0 aliphatic carbocycles. The monoisotopic (exact) mass is 333 g/mol. The average Bonchev–Trinajstić information content (AvgIpc) is 2.82. The Labute approximate surface area is 124 Å². The summed E-state index contributed by atoms with van der Waals surface area (Å²) < 4.78 is 2.78. The molecule has 0 atom stereocenters.